The largest absolute Gasteiger partial charge is 0.265 e. The summed E-state index contributed by atoms with van der Waals surface area (Å²) in [6, 6.07) is 4.22. The van der Waals surface area contributed by atoms with E-state index in [0.717, 1.165) is 5.25 Å². The fourth-order valence-electron chi connectivity index (χ4n) is 1.08. The van der Waals surface area contributed by atoms with Crippen molar-refractivity contribution in [2.45, 2.75) is 11.7 Å². The number of rotatable bonds is 1. The summed E-state index contributed by atoms with van der Waals surface area (Å²) in [5, 5.41) is 0.767. The Morgan fingerprint density at radius 1 is 1.40 bits per heavy atom. The van der Waals surface area contributed by atoms with Gasteiger partial charge in [0.2, 0.25) is 0 Å². The Morgan fingerprint density at radius 2 is 2.10 bits per heavy atom. The van der Waals surface area contributed by atoms with Gasteiger partial charge in [-0.1, -0.05) is 0 Å². The van der Waals surface area contributed by atoms with E-state index in [0.29, 0.717) is 0 Å². The molecule has 2 heteroatoms. The third kappa shape index (κ3) is 1.03. The molecule has 52 valence electrons. The molecule has 1 aromatic rings. The Hall–Kier alpha value is -0.500. The van der Waals surface area contributed by atoms with Crippen LogP contribution in [0, 0.1) is 0 Å². The topological polar surface area (TPSA) is 12.9 Å². The van der Waals surface area contributed by atoms with Crippen LogP contribution < -0.4 is 0 Å². The number of aromatic nitrogens is 1. The molecule has 0 amide bonds. The SMILES string of the molecule is c1cc(C2CCS2)ccn1. The first-order valence-corrected chi connectivity index (χ1v) is 4.53. The van der Waals surface area contributed by atoms with Crippen LogP contribution in [0.2, 0.25) is 0 Å². The molecule has 2 rings (SSSR count). The van der Waals surface area contributed by atoms with Gasteiger partial charge in [-0.05, 0) is 29.9 Å². The molecule has 1 aliphatic heterocycles. The van der Waals surface area contributed by atoms with Crippen molar-refractivity contribution < 1.29 is 0 Å². The van der Waals surface area contributed by atoms with E-state index in [1.165, 1.54) is 17.7 Å². The van der Waals surface area contributed by atoms with E-state index >= 15 is 0 Å². The lowest BCUT2D eigenvalue weighted by Gasteiger charge is -2.24. The van der Waals surface area contributed by atoms with Crippen molar-refractivity contribution in [2.75, 3.05) is 5.75 Å². The maximum Gasteiger partial charge on any atom is 0.0306 e. The third-order valence-corrected chi connectivity index (χ3v) is 3.16. The fourth-order valence-corrected chi connectivity index (χ4v) is 1.90. The summed E-state index contributed by atoms with van der Waals surface area (Å²) in [5.41, 5.74) is 1.44. The number of hydrogen-bond acceptors (Lipinski definition) is 2. The minimum Gasteiger partial charge on any atom is -0.265 e. The predicted octanol–water partition coefficient (Wildman–Crippen LogP) is 2.26. The van der Waals surface area contributed by atoms with Gasteiger partial charge in [-0.2, -0.15) is 11.8 Å². The van der Waals surface area contributed by atoms with E-state index in [9.17, 15) is 0 Å². The van der Waals surface area contributed by atoms with Gasteiger partial charge in [-0.3, -0.25) is 4.98 Å². The smallest absolute Gasteiger partial charge is 0.0306 e. The van der Waals surface area contributed by atoms with Gasteiger partial charge < -0.3 is 0 Å². The van der Waals surface area contributed by atoms with Crippen LogP contribution in [0.3, 0.4) is 0 Å². The van der Waals surface area contributed by atoms with Crippen LogP contribution in [0.5, 0.6) is 0 Å². The van der Waals surface area contributed by atoms with Crippen LogP contribution in [0.25, 0.3) is 0 Å². The summed E-state index contributed by atoms with van der Waals surface area (Å²) in [6.07, 6.45) is 5.08. The average molecular weight is 151 g/mol. The maximum absolute atomic E-state index is 3.98. The highest BCUT2D eigenvalue weighted by Gasteiger charge is 2.19. The van der Waals surface area contributed by atoms with E-state index < -0.39 is 0 Å². The molecule has 0 bridgehead atoms. The van der Waals surface area contributed by atoms with Crippen LogP contribution in [-0.4, -0.2) is 10.7 Å². The van der Waals surface area contributed by atoms with Crippen LogP contribution in [0.1, 0.15) is 17.2 Å². The van der Waals surface area contributed by atoms with E-state index in [2.05, 4.69) is 17.1 Å². The first-order chi connectivity index (χ1) is 4.97. The van der Waals surface area contributed by atoms with Crippen molar-refractivity contribution in [1.82, 2.24) is 4.98 Å². The summed E-state index contributed by atoms with van der Waals surface area (Å²) in [6.45, 7) is 0. The standard InChI is InChI=1S/C8H9NS/c1-4-9-5-2-7(1)8-3-6-10-8/h1-2,4-5,8H,3,6H2. The molecule has 1 saturated heterocycles. The second-order valence-corrected chi connectivity index (χ2v) is 3.74. The van der Waals surface area contributed by atoms with Crippen LogP contribution >= 0.6 is 11.8 Å². The highest BCUT2D eigenvalue weighted by atomic mass is 32.2. The summed E-state index contributed by atoms with van der Waals surface area (Å²) in [7, 11) is 0. The second-order valence-electron chi connectivity index (χ2n) is 2.43. The zero-order valence-corrected chi connectivity index (χ0v) is 6.47. The number of pyridine rings is 1. The molecule has 1 aromatic heterocycles. The normalized spacial score (nSPS) is 23.8. The van der Waals surface area contributed by atoms with Gasteiger partial charge in [0.1, 0.15) is 0 Å². The molecule has 0 radical (unpaired) electrons. The van der Waals surface area contributed by atoms with Crippen molar-refractivity contribution in [2.24, 2.45) is 0 Å². The average Bonchev–Trinajstić information content (AvgIpc) is 1.86. The van der Waals surface area contributed by atoms with Gasteiger partial charge in [-0.25, -0.2) is 0 Å². The Kier molecular flexibility index (Phi) is 1.63. The highest BCUT2D eigenvalue weighted by molar-refractivity contribution is 8.00. The fraction of sp³-hybridized carbons (Fsp3) is 0.375. The molecule has 0 saturated carbocycles. The minimum atomic E-state index is 0.767. The van der Waals surface area contributed by atoms with Crippen LogP contribution in [-0.2, 0) is 0 Å². The number of nitrogens with zero attached hydrogens (tertiary/aromatic N) is 1. The lowest BCUT2D eigenvalue weighted by molar-refractivity contribution is 0.847. The molecule has 0 aliphatic carbocycles. The first-order valence-electron chi connectivity index (χ1n) is 3.48. The Labute approximate surface area is 64.9 Å². The molecular weight excluding hydrogens is 142 g/mol. The highest BCUT2D eigenvalue weighted by Crippen LogP contribution is 2.41. The molecule has 10 heavy (non-hydrogen) atoms. The Bertz CT molecular complexity index is 206. The van der Waals surface area contributed by atoms with E-state index in [1.807, 2.05) is 24.2 Å². The molecule has 0 aromatic carbocycles. The molecule has 0 spiro atoms. The molecule has 1 unspecified atom stereocenters. The van der Waals surface area contributed by atoms with E-state index in [-0.39, 0.29) is 0 Å². The molecule has 1 aliphatic rings. The second kappa shape index (κ2) is 2.62. The van der Waals surface area contributed by atoms with Gasteiger partial charge >= 0.3 is 0 Å². The molecule has 1 nitrogen and oxygen atoms in total. The lowest BCUT2D eigenvalue weighted by Crippen LogP contribution is -2.06. The first kappa shape index (κ1) is 6.23. The molecule has 1 atom stereocenters. The zero-order valence-electron chi connectivity index (χ0n) is 5.66. The van der Waals surface area contributed by atoms with Crippen molar-refractivity contribution in [3.05, 3.63) is 30.1 Å². The van der Waals surface area contributed by atoms with Gasteiger partial charge in [-0.15, -0.1) is 0 Å². The summed E-state index contributed by atoms with van der Waals surface area (Å²) < 4.78 is 0. The molecule has 1 fully saturated rings. The summed E-state index contributed by atoms with van der Waals surface area (Å²) >= 11 is 2.03. The quantitative estimate of drug-likeness (QED) is 0.610. The van der Waals surface area contributed by atoms with Crippen LogP contribution in [0.15, 0.2) is 24.5 Å². The van der Waals surface area contributed by atoms with E-state index in [1.54, 1.807) is 0 Å². The third-order valence-electron chi connectivity index (χ3n) is 1.78. The maximum atomic E-state index is 3.98. The van der Waals surface area contributed by atoms with Crippen molar-refractivity contribution in [3.63, 3.8) is 0 Å². The summed E-state index contributed by atoms with van der Waals surface area (Å²) in [4.78, 5) is 3.98. The van der Waals surface area contributed by atoms with Crippen molar-refractivity contribution >= 4 is 11.8 Å². The molecule has 2 heterocycles. The van der Waals surface area contributed by atoms with Gasteiger partial charge in [0.25, 0.3) is 0 Å². The zero-order chi connectivity index (χ0) is 6.81. The van der Waals surface area contributed by atoms with Gasteiger partial charge in [0.05, 0.1) is 0 Å². The Balaban J connectivity index is 2.18. The monoisotopic (exact) mass is 151 g/mol. The van der Waals surface area contributed by atoms with Crippen LogP contribution in [0.4, 0.5) is 0 Å². The van der Waals surface area contributed by atoms with E-state index in [4.69, 9.17) is 0 Å². The molecule has 0 N–H and O–H groups in total. The number of hydrogen-bond donors (Lipinski definition) is 0. The predicted molar refractivity (Wildman–Crippen MR) is 44.1 cm³/mol. The van der Waals surface area contributed by atoms with Crippen molar-refractivity contribution in [1.29, 1.82) is 0 Å². The van der Waals surface area contributed by atoms with Gasteiger partial charge in [0, 0.05) is 17.6 Å². The van der Waals surface area contributed by atoms with Gasteiger partial charge in [0.15, 0.2) is 0 Å². The van der Waals surface area contributed by atoms with Crippen molar-refractivity contribution in [3.8, 4) is 0 Å². The number of thioether (sulfide) groups is 1. The minimum absolute atomic E-state index is 0.767. The summed E-state index contributed by atoms with van der Waals surface area (Å²) in [5.74, 6) is 1.33. The lowest BCUT2D eigenvalue weighted by atomic mass is 10.1. The molecular formula is C8H9NS. The Morgan fingerprint density at radius 3 is 2.60 bits per heavy atom.